The van der Waals surface area contributed by atoms with Gasteiger partial charge in [-0.3, -0.25) is 0 Å². The molecule has 3 aromatic carbocycles. The molecule has 5 rings (SSSR count). The molecule has 6 nitrogen and oxygen atoms in total. The third-order valence-electron chi connectivity index (χ3n) is 6.99. The van der Waals surface area contributed by atoms with E-state index < -0.39 is 0 Å². The first-order chi connectivity index (χ1) is 18.1. The second-order valence-corrected chi connectivity index (χ2v) is 11.4. The van der Waals surface area contributed by atoms with E-state index in [-0.39, 0.29) is 10.8 Å². The third kappa shape index (κ3) is 5.30. The Balaban J connectivity index is 1.35. The first-order valence-electron chi connectivity index (χ1n) is 13.1. The van der Waals surface area contributed by atoms with Crippen molar-refractivity contribution in [1.82, 2.24) is 20.4 Å². The molecule has 194 valence electrons. The molecule has 0 saturated heterocycles. The molecule has 5 aromatic rings. The Bertz CT molecular complexity index is 1520. The topological polar surface area (TPSA) is 77.8 Å². The molecule has 0 aliphatic heterocycles. The number of nitrogens with zero attached hydrogens (tertiary/aromatic N) is 4. The Labute approximate surface area is 224 Å². The molecule has 2 aromatic heterocycles. The molecule has 0 aliphatic carbocycles. The molecule has 0 saturated carbocycles. The first kappa shape index (κ1) is 25.6. The van der Waals surface area contributed by atoms with E-state index in [0.29, 0.717) is 23.6 Å². The standard InChI is InChI=1S/C32H34N4O2/c1-7-19-32(5,6)26-17-13-22(14-18-26)28-34-36-30(38-28)24-10-8-9-23(20-24)29-35-33-27(37-29)21-11-15-25(16-12-21)31(2,3)4/h8-18,20H,7,19H2,1-6H3. The fourth-order valence-corrected chi connectivity index (χ4v) is 4.64. The number of benzene rings is 3. The lowest BCUT2D eigenvalue weighted by molar-refractivity contribution is 0.473. The highest BCUT2D eigenvalue weighted by atomic mass is 16.4. The van der Waals surface area contributed by atoms with Crippen LogP contribution in [0, 0.1) is 0 Å². The quantitative estimate of drug-likeness (QED) is 0.220. The van der Waals surface area contributed by atoms with E-state index in [4.69, 9.17) is 8.83 Å². The van der Waals surface area contributed by atoms with Crippen molar-refractivity contribution in [2.24, 2.45) is 0 Å². The third-order valence-corrected chi connectivity index (χ3v) is 6.99. The van der Waals surface area contributed by atoms with Crippen molar-refractivity contribution in [1.29, 1.82) is 0 Å². The molecule has 0 amide bonds. The normalized spacial score (nSPS) is 12.2. The van der Waals surface area contributed by atoms with Gasteiger partial charge in [0.15, 0.2) is 0 Å². The van der Waals surface area contributed by atoms with Gasteiger partial charge < -0.3 is 8.83 Å². The number of hydrogen-bond donors (Lipinski definition) is 0. The van der Waals surface area contributed by atoms with E-state index in [0.717, 1.165) is 35.1 Å². The zero-order valence-corrected chi connectivity index (χ0v) is 22.9. The van der Waals surface area contributed by atoms with Crippen LogP contribution in [0.15, 0.2) is 81.6 Å². The summed E-state index contributed by atoms with van der Waals surface area (Å²) in [6.07, 6.45) is 2.29. The smallest absolute Gasteiger partial charge is 0.248 e. The Morgan fingerprint density at radius 1 is 0.553 bits per heavy atom. The van der Waals surface area contributed by atoms with Crippen LogP contribution in [0.1, 0.15) is 65.5 Å². The fourth-order valence-electron chi connectivity index (χ4n) is 4.64. The molecule has 0 bridgehead atoms. The number of hydrogen-bond acceptors (Lipinski definition) is 6. The van der Waals surface area contributed by atoms with E-state index in [1.807, 2.05) is 36.4 Å². The van der Waals surface area contributed by atoms with Crippen LogP contribution >= 0.6 is 0 Å². The van der Waals surface area contributed by atoms with Gasteiger partial charge in [0.1, 0.15) is 0 Å². The molecule has 0 unspecified atom stereocenters. The molecule has 0 radical (unpaired) electrons. The lowest BCUT2D eigenvalue weighted by Gasteiger charge is -2.24. The van der Waals surface area contributed by atoms with Gasteiger partial charge in [-0.1, -0.05) is 78.3 Å². The largest absolute Gasteiger partial charge is 0.416 e. The maximum Gasteiger partial charge on any atom is 0.248 e. The fraction of sp³-hybridized carbons (Fsp3) is 0.312. The summed E-state index contributed by atoms with van der Waals surface area (Å²) in [6, 6.07) is 24.4. The highest BCUT2D eigenvalue weighted by Gasteiger charge is 2.20. The predicted molar refractivity (Wildman–Crippen MR) is 151 cm³/mol. The van der Waals surface area contributed by atoms with Crippen molar-refractivity contribution in [3.8, 4) is 45.8 Å². The van der Waals surface area contributed by atoms with Gasteiger partial charge in [-0.2, -0.15) is 0 Å². The summed E-state index contributed by atoms with van der Waals surface area (Å²) in [5.74, 6) is 1.85. The van der Waals surface area contributed by atoms with Crippen molar-refractivity contribution in [3.63, 3.8) is 0 Å². The van der Waals surface area contributed by atoms with Crippen LogP contribution in [0.3, 0.4) is 0 Å². The highest BCUT2D eigenvalue weighted by Crippen LogP contribution is 2.32. The summed E-state index contributed by atoms with van der Waals surface area (Å²) in [5.41, 5.74) is 6.14. The van der Waals surface area contributed by atoms with E-state index in [2.05, 4.69) is 98.3 Å². The highest BCUT2D eigenvalue weighted by molar-refractivity contribution is 5.66. The maximum absolute atomic E-state index is 6.04. The Morgan fingerprint density at radius 2 is 0.974 bits per heavy atom. The molecule has 0 atom stereocenters. The molecule has 0 spiro atoms. The minimum atomic E-state index is 0.0859. The summed E-state index contributed by atoms with van der Waals surface area (Å²) < 4.78 is 12.1. The number of aromatic nitrogens is 4. The molecule has 0 N–H and O–H groups in total. The molecular formula is C32H34N4O2. The molecule has 6 heteroatoms. The molecule has 0 aliphatic rings. The summed E-state index contributed by atoms with van der Waals surface area (Å²) in [4.78, 5) is 0. The zero-order chi connectivity index (χ0) is 26.9. The summed E-state index contributed by atoms with van der Waals surface area (Å²) >= 11 is 0. The van der Waals surface area contributed by atoms with Crippen molar-refractivity contribution in [3.05, 3.63) is 83.9 Å². The van der Waals surface area contributed by atoms with Crippen molar-refractivity contribution in [2.45, 2.75) is 65.2 Å². The minimum Gasteiger partial charge on any atom is -0.416 e. The Hall–Kier alpha value is -4.06. The van der Waals surface area contributed by atoms with E-state index in [1.54, 1.807) is 0 Å². The molecular weight excluding hydrogens is 472 g/mol. The van der Waals surface area contributed by atoms with Gasteiger partial charge >= 0.3 is 0 Å². The lowest BCUT2D eigenvalue weighted by atomic mass is 9.80. The monoisotopic (exact) mass is 506 g/mol. The average Bonchev–Trinajstić information content (AvgIpc) is 3.59. The summed E-state index contributed by atoms with van der Waals surface area (Å²) in [7, 11) is 0. The van der Waals surface area contributed by atoms with Gasteiger partial charge in [0.2, 0.25) is 23.6 Å². The van der Waals surface area contributed by atoms with Crippen LogP contribution in [0.25, 0.3) is 45.8 Å². The molecule has 38 heavy (non-hydrogen) atoms. The summed E-state index contributed by atoms with van der Waals surface area (Å²) in [5, 5.41) is 17.1. The second-order valence-electron chi connectivity index (χ2n) is 11.4. The van der Waals surface area contributed by atoms with Crippen LogP contribution in [-0.4, -0.2) is 20.4 Å². The van der Waals surface area contributed by atoms with Crippen molar-refractivity contribution >= 4 is 0 Å². The van der Waals surface area contributed by atoms with Gasteiger partial charge in [0, 0.05) is 22.3 Å². The zero-order valence-electron chi connectivity index (χ0n) is 22.9. The van der Waals surface area contributed by atoms with Crippen LogP contribution in [0.2, 0.25) is 0 Å². The van der Waals surface area contributed by atoms with Gasteiger partial charge in [0.05, 0.1) is 0 Å². The van der Waals surface area contributed by atoms with E-state index >= 15 is 0 Å². The van der Waals surface area contributed by atoms with Gasteiger partial charge in [-0.15, -0.1) is 20.4 Å². The number of rotatable bonds is 7. The lowest BCUT2D eigenvalue weighted by Crippen LogP contribution is -2.16. The van der Waals surface area contributed by atoms with Crippen molar-refractivity contribution < 1.29 is 8.83 Å². The maximum atomic E-state index is 6.04. The van der Waals surface area contributed by atoms with Gasteiger partial charge in [-0.25, -0.2) is 0 Å². The minimum absolute atomic E-state index is 0.0859. The van der Waals surface area contributed by atoms with E-state index in [9.17, 15) is 0 Å². The van der Waals surface area contributed by atoms with Crippen LogP contribution in [0.5, 0.6) is 0 Å². The Morgan fingerprint density at radius 3 is 1.39 bits per heavy atom. The van der Waals surface area contributed by atoms with Gasteiger partial charge in [0.25, 0.3) is 0 Å². The first-order valence-corrected chi connectivity index (χ1v) is 13.1. The van der Waals surface area contributed by atoms with Crippen LogP contribution in [-0.2, 0) is 10.8 Å². The predicted octanol–water partition coefficient (Wildman–Crippen LogP) is 8.50. The second kappa shape index (κ2) is 10.0. The van der Waals surface area contributed by atoms with Gasteiger partial charge in [-0.05, 0) is 70.8 Å². The SMILES string of the molecule is CCCC(C)(C)c1ccc(-c2nnc(-c3cccc(-c4nnc(-c5ccc(C(C)(C)C)cc5)o4)c3)o2)cc1. The van der Waals surface area contributed by atoms with Crippen LogP contribution in [0.4, 0.5) is 0 Å². The van der Waals surface area contributed by atoms with E-state index in [1.165, 1.54) is 11.1 Å². The van der Waals surface area contributed by atoms with Crippen molar-refractivity contribution in [2.75, 3.05) is 0 Å². The molecule has 2 heterocycles. The van der Waals surface area contributed by atoms with Crippen LogP contribution < -0.4 is 0 Å². The molecule has 0 fully saturated rings. The average molecular weight is 507 g/mol. The summed E-state index contributed by atoms with van der Waals surface area (Å²) in [6.45, 7) is 13.3. The Kier molecular flexibility index (Phi) is 6.74.